The number of imidazole rings is 1. The van der Waals surface area contributed by atoms with Crippen molar-refractivity contribution in [2.75, 3.05) is 18.1 Å². The molecule has 0 aliphatic heterocycles. The number of nitrogens with one attached hydrogen (secondary N) is 2. The number of benzene rings is 1. The zero-order valence-corrected chi connectivity index (χ0v) is 13.7. The first-order chi connectivity index (χ1) is 11.5. The Hall–Kier alpha value is -2.71. The van der Waals surface area contributed by atoms with E-state index in [-0.39, 0.29) is 0 Å². The number of fused-ring (bicyclic) bond motifs is 1. The normalized spacial score (nSPS) is 11.5. The molecule has 0 saturated carbocycles. The molecule has 124 valence electrons. The molecular formula is C16H16N4O3S. The van der Waals surface area contributed by atoms with Crippen LogP contribution in [0, 0.1) is 0 Å². The van der Waals surface area contributed by atoms with Crippen LogP contribution in [0.3, 0.4) is 0 Å². The van der Waals surface area contributed by atoms with Gasteiger partial charge in [-0.25, -0.2) is 18.1 Å². The first kappa shape index (κ1) is 16.2. The van der Waals surface area contributed by atoms with E-state index in [0.717, 1.165) is 16.9 Å². The highest BCUT2D eigenvalue weighted by Gasteiger charge is 2.14. The average molecular weight is 344 g/mol. The lowest BCUT2D eigenvalue weighted by molar-refractivity contribution is -0.113. The van der Waals surface area contributed by atoms with Gasteiger partial charge < -0.3 is 9.72 Å². The first-order valence-corrected chi connectivity index (χ1v) is 8.87. The third-order valence-electron chi connectivity index (χ3n) is 3.46. The van der Waals surface area contributed by atoms with Gasteiger partial charge in [-0.15, -0.1) is 0 Å². The maximum Gasteiger partial charge on any atom is 0.240 e. The van der Waals surface area contributed by atoms with Crippen LogP contribution in [0.5, 0.6) is 0 Å². The molecule has 8 heteroatoms. The maximum atomic E-state index is 11.7. The maximum absolute atomic E-state index is 11.7. The Kier molecular flexibility index (Phi) is 4.32. The minimum atomic E-state index is -3.58. The summed E-state index contributed by atoms with van der Waals surface area (Å²) in [6.45, 7) is 0. The summed E-state index contributed by atoms with van der Waals surface area (Å²) in [6.07, 6.45) is 3.84. The van der Waals surface area contributed by atoms with Gasteiger partial charge in [-0.1, -0.05) is 18.2 Å². The van der Waals surface area contributed by atoms with Gasteiger partial charge in [0.25, 0.3) is 0 Å². The molecule has 0 atom stereocenters. The van der Waals surface area contributed by atoms with Crippen LogP contribution < -0.4 is 10.0 Å². The monoisotopic (exact) mass is 344 g/mol. The fourth-order valence-corrected chi connectivity index (χ4v) is 2.80. The number of aromatic nitrogens is 2. The van der Waals surface area contributed by atoms with Crippen LogP contribution in [0.15, 0.2) is 54.9 Å². The molecule has 2 N–H and O–H groups in total. The van der Waals surface area contributed by atoms with Crippen LogP contribution in [0.4, 0.5) is 5.69 Å². The summed E-state index contributed by atoms with van der Waals surface area (Å²) < 4.78 is 26.7. The van der Waals surface area contributed by atoms with Gasteiger partial charge in [0, 0.05) is 23.6 Å². The number of carbonyl (C=O) groups is 1. The van der Waals surface area contributed by atoms with Gasteiger partial charge in [-0.2, -0.15) is 0 Å². The SMILES string of the molecule is CNS(=O)(=O)CC(=O)Nc1ccc(-c2cn3ccccc3n2)cc1. The van der Waals surface area contributed by atoms with Crippen LogP contribution in [-0.2, 0) is 14.8 Å². The van der Waals surface area contributed by atoms with E-state index in [2.05, 4.69) is 15.0 Å². The molecule has 0 bridgehead atoms. The lowest BCUT2D eigenvalue weighted by Crippen LogP contribution is -2.30. The Morgan fingerprint density at radius 3 is 2.58 bits per heavy atom. The van der Waals surface area contributed by atoms with Crippen LogP contribution in [-0.4, -0.2) is 36.5 Å². The Morgan fingerprint density at radius 2 is 1.92 bits per heavy atom. The number of amides is 1. The standard InChI is InChI=1S/C16H16N4O3S/c1-17-24(22,23)11-16(21)18-13-7-5-12(6-8-13)14-10-20-9-3-2-4-15(20)19-14/h2-10,17H,11H2,1H3,(H,18,21). The zero-order valence-electron chi connectivity index (χ0n) is 12.9. The molecule has 0 aliphatic carbocycles. The summed E-state index contributed by atoms with van der Waals surface area (Å²) in [5.41, 5.74) is 3.09. The van der Waals surface area contributed by atoms with Crippen LogP contribution >= 0.6 is 0 Å². The number of hydrogen-bond donors (Lipinski definition) is 2. The van der Waals surface area contributed by atoms with E-state index >= 15 is 0 Å². The number of nitrogens with zero attached hydrogens (tertiary/aromatic N) is 2. The molecule has 1 aromatic carbocycles. The molecule has 2 heterocycles. The molecule has 0 radical (unpaired) electrons. The molecule has 0 saturated heterocycles. The van der Waals surface area contributed by atoms with Crippen LogP contribution in [0.25, 0.3) is 16.9 Å². The molecule has 24 heavy (non-hydrogen) atoms. The molecule has 2 aromatic heterocycles. The van der Waals surface area contributed by atoms with Crippen molar-refractivity contribution in [1.29, 1.82) is 0 Å². The fourth-order valence-electron chi connectivity index (χ4n) is 2.24. The summed E-state index contributed by atoms with van der Waals surface area (Å²) in [4.78, 5) is 16.2. The van der Waals surface area contributed by atoms with E-state index in [4.69, 9.17) is 0 Å². The van der Waals surface area contributed by atoms with Crippen molar-refractivity contribution >= 4 is 27.3 Å². The Balaban J connectivity index is 1.74. The van der Waals surface area contributed by atoms with Gasteiger partial charge in [0.1, 0.15) is 11.4 Å². The van der Waals surface area contributed by atoms with Gasteiger partial charge >= 0.3 is 0 Å². The van der Waals surface area contributed by atoms with Gasteiger partial charge in [0.05, 0.1) is 5.69 Å². The Morgan fingerprint density at radius 1 is 1.17 bits per heavy atom. The lowest BCUT2D eigenvalue weighted by atomic mass is 10.1. The average Bonchev–Trinajstić information content (AvgIpc) is 2.99. The summed E-state index contributed by atoms with van der Waals surface area (Å²) in [5.74, 6) is -1.21. The topological polar surface area (TPSA) is 92.6 Å². The van der Waals surface area contributed by atoms with E-state index in [1.54, 1.807) is 12.1 Å². The summed E-state index contributed by atoms with van der Waals surface area (Å²) in [6, 6.07) is 12.8. The number of hydrogen-bond acceptors (Lipinski definition) is 4. The third-order valence-corrected chi connectivity index (χ3v) is 4.72. The van der Waals surface area contributed by atoms with E-state index in [1.165, 1.54) is 7.05 Å². The molecule has 0 unspecified atom stereocenters. The van der Waals surface area contributed by atoms with E-state index in [0.29, 0.717) is 5.69 Å². The van der Waals surface area contributed by atoms with Crippen molar-refractivity contribution in [1.82, 2.24) is 14.1 Å². The molecule has 3 aromatic rings. The molecule has 0 aliphatic rings. The van der Waals surface area contributed by atoms with E-state index in [1.807, 2.05) is 47.1 Å². The molecule has 0 spiro atoms. The quantitative estimate of drug-likeness (QED) is 0.733. The Labute approximate surface area is 139 Å². The molecule has 7 nitrogen and oxygen atoms in total. The van der Waals surface area contributed by atoms with Gasteiger partial charge in [0.15, 0.2) is 0 Å². The van der Waals surface area contributed by atoms with Crippen molar-refractivity contribution in [3.05, 3.63) is 54.9 Å². The van der Waals surface area contributed by atoms with Crippen LogP contribution in [0.1, 0.15) is 0 Å². The highest BCUT2D eigenvalue weighted by Crippen LogP contribution is 2.21. The van der Waals surface area contributed by atoms with Gasteiger partial charge in [-0.3, -0.25) is 4.79 Å². The predicted molar refractivity (Wildman–Crippen MR) is 92.1 cm³/mol. The molecular weight excluding hydrogens is 328 g/mol. The lowest BCUT2D eigenvalue weighted by Gasteiger charge is -2.06. The van der Waals surface area contributed by atoms with E-state index < -0.39 is 21.7 Å². The minimum absolute atomic E-state index is 0.527. The van der Waals surface area contributed by atoms with E-state index in [9.17, 15) is 13.2 Å². The number of pyridine rings is 1. The second kappa shape index (κ2) is 6.42. The highest BCUT2D eigenvalue weighted by molar-refractivity contribution is 7.90. The summed E-state index contributed by atoms with van der Waals surface area (Å²) in [7, 11) is -2.31. The largest absolute Gasteiger partial charge is 0.325 e. The van der Waals surface area contributed by atoms with Crippen LogP contribution in [0.2, 0.25) is 0 Å². The van der Waals surface area contributed by atoms with Crippen molar-refractivity contribution in [2.24, 2.45) is 0 Å². The van der Waals surface area contributed by atoms with Crippen molar-refractivity contribution in [3.63, 3.8) is 0 Å². The van der Waals surface area contributed by atoms with Crippen molar-refractivity contribution in [2.45, 2.75) is 0 Å². The smallest absolute Gasteiger partial charge is 0.240 e. The second-order valence-electron chi connectivity index (χ2n) is 5.18. The summed E-state index contributed by atoms with van der Waals surface area (Å²) in [5, 5.41) is 2.55. The number of anilines is 1. The molecule has 0 fully saturated rings. The minimum Gasteiger partial charge on any atom is -0.325 e. The highest BCUT2D eigenvalue weighted by atomic mass is 32.2. The number of carbonyl (C=O) groups excluding carboxylic acids is 1. The number of rotatable bonds is 5. The van der Waals surface area contributed by atoms with Gasteiger partial charge in [0.2, 0.25) is 15.9 Å². The predicted octanol–water partition coefficient (Wildman–Crippen LogP) is 1.49. The fraction of sp³-hybridized carbons (Fsp3) is 0.125. The second-order valence-corrected chi connectivity index (χ2v) is 7.11. The number of sulfonamides is 1. The van der Waals surface area contributed by atoms with Crippen molar-refractivity contribution in [3.8, 4) is 11.3 Å². The Bertz CT molecular complexity index is 945. The molecule has 1 amide bonds. The van der Waals surface area contributed by atoms with Crippen molar-refractivity contribution < 1.29 is 13.2 Å². The third kappa shape index (κ3) is 3.61. The summed E-state index contributed by atoms with van der Waals surface area (Å²) >= 11 is 0. The first-order valence-electron chi connectivity index (χ1n) is 7.22. The van der Waals surface area contributed by atoms with Gasteiger partial charge in [-0.05, 0) is 31.3 Å². The zero-order chi connectivity index (χ0) is 17.2. The molecule has 3 rings (SSSR count).